The van der Waals surface area contributed by atoms with Crippen molar-refractivity contribution in [3.05, 3.63) is 71.8 Å². The Labute approximate surface area is 140 Å². The van der Waals surface area contributed by atoms with Crippen molar-refractivity contribution in [2.45, 2.75) is 18.9 Å². The van der Waals surface area contributed by atoms with Crippen LogP contribution in [0.2, 0.25) is 0 Å². The zero-order valence-electron chi connectivity index (χ0n) is 10.5. The Morgan fingerprint density at radius 2 is 1.11 bits per heavy atom. The van der Waals surface area contributed by atoms with E-state index < -0.39 is 0 Å². The van der Waals surface area contributed by atoms with Gasteiger partial charge < -0.3 is 22.1 Å². The summed E-state index contributed by atoms with van der Waals surface area (Å²) in [6.07, 6.45) is -0.384. The third-order valence-corrected chi connectivity index (χ3v) is 2.80. The molecule has 18 heavy (non-hydrogen) atoms. The molecular formula is C15H16BrHgO. The Balaban J connectivity index is 0.00000144. The fourth-order valence-electron chi connectivity index (χ4n) is 2.07. The maximum atomic E-state index is 9.92. The Morgan fingerprint density at radius 3 is 1.39 bits per heavy atom. The molecule has 0 spiro atoms. The van der Waals surface area contributed by atoms with Crippen molar-refractivity contribution in [1.82, 2.24) is 0 Å². The summed E-state index contributed by atoms with van der Waals surface area (Å²) in [5.41, 5.74) is 2.31. The zero-order chi connectivity index (χ0) is 11.4. The number of benzene rings is 2. The summed E-state index contributed by atoms with van der Waals surface area (Å²) < 4.78 is 0. The molecule has 1 atom stereocenters. The Bertz CT molecular complexity index is 391. The molecule has 1 N–H and O–H groups in total. The van der Waals surface area contributed by atoms with Crippen molar-refractivity contribution in [3.63, 3.8) is 0 Å². The number of halogens is 1. The summed E-state index contributed by atoms with van der Waals surface area (Å²) in [5.74, 6) is 0.0578. The van der Waals surface area contributed by atoms with Crippen molar-refractivity contribution >= 4 is 0 Å². The quantitative estimate of drug-likeness (QED) is 0.607. The van der Waals surface area contributed by atoms with Crippen molar-refractivity contribution in [1.29, 1.82) is 0 Å². The fourth-order valence-corrected chi connectivity index (χ4v) is 2.07. The summed E-state index contributed by atoms with van der Waals surface area (Å²) in [4.78, 5) is 0. The minimum Gasteiger partial charge on any atom is -1.00 e. The molecule has 2 aromatic carbocycles. The van der Waals surface area contributed by atoms with Gasteiger partial charge in [0.15, 0.2) is 0 Å². The van der Waals surface area contributed by atoms with Gasteiger partial charge in [0, 0.05) is 5.92 Å². The first-order valence-corrected chi connectivity index (χ1v) is 5.57. The number of aliphatic hydroxyl groups is 1. The van der Waals surface area contributed by atoms with Crippen LogP contribution in [0.3, 0.4) is 0 Å². The van der Waals surface area contributed by atoms with E-state index >= 15 is 0 Å². The first kappa shape index (κ1) is 17.8. The van der Waals surface area contributed by atoms with Gasteiger partial charge in [0.25, 0.3) is 0 Å². The van der Waals surface area contributed by atoms with Crippen LogP contribution >= 0.6 is 0 Å². The molecule has 0 fully saturated rings. The molecule has 0 aromatic heterocycles. The maximum Gasteiger partial charge on any atom is 1.00 e. The first-order chi connectivity index (χ1) is 7.79. The van der Waals surface area contributed by atoms with Gasteiger partial charge in [0.2, 0.25) is 0 Å². The summed E-state index contributed by atoms with van der Waals surface area (Å²) in [6, 6.07) is 20.3. The van der Waals surface area contributed by atoms with E-state index in [-0.39, 0.29) is 56.7 Å². The third kappa shape index (κ3) is 4.49. The molecule has 0 aliphatic rings. The van der Waals surface area contributed by atoms with E-state index in [1.54, 1.807) is 0 Å². The fraction of sp³-hybridized carbons (Fsp3) is 0.200. The summed E-state index contributed by atoms with van der Waals surface area (Å²) >= 11 is 0. The van der Waals surface area contributed by atoms with Gasteiger partial charge in [-0.25, -0.2) is 0 Å². The Morgan fingerprint density at radius 1 is 0.778 bits per heavy atom. The largest absolute Gasteiger partial charge is 1.00 e. The van der Waals surface area contributed by atoms with Gasteiger partial charge in [-0.05, 0) is 18.1 Å². The molecule has 1 radical (unpaired) electrons. The van der Waals surface area contributed by atoms with Crippen molar-refractivity contribution in [2.75, 3.05) is 0 Å². The van der Waals surface area contributed by atoms with E-state index in [2.05, 4.69) is 24.3 Å². The predicted octanol–water partition coefficient (Wildman–Crippen LogP) is 0.201. The van der Waals surface area contributed by atoms with Crippen LogP contribution in [0.15, 0.2) is 60.7 Å². The average Bonchev–Trinajstić information content (AvgIpc) is 2.31. The van der Waals surface area contributed by atoms with Crippen LogP contribution in [0.25, 0.3) is 0 Å². The molecule has 0 aliphatic carbocycles. The maximum absolute atomic E-state index is 9.92. The van der Waals surface area contributed by atoms with Gasteiger partial charge in [-0.15, -0.1) is 0 Å². The van der Waals surface area contributed by atoms with E-state index in [0.29, 0.717) is 0 Å². The minimum atomic E-state index is -0.384. The van der Waals surface area contributed by atoms with E-state index in [1.165, 1.54) is 0 Å². The van der Waals surface area contributed by atoms with Gasteiger partial charge in [0.1, 0.15) is 0 Å². The van der Waals surface area contributed by atoms with Crippen LogP contribution in [-0.2, 0) is 27.7 Å². The molecule has 1 nitrogen and oxygen atoms in total. The second kappa shape index (κ2) is 8.84. The third-order valence-electron chi connectivity index (χ3n) is 2.80. The van der Waals surface area contributed by atoms with Gasteiger partial charge in [-0.1, -0.05) is 60.7 Å². The van der Waals surface area contributed by atoms with E-state index in [0.717, 1.165) is 11.1 Å². The SMILES string of the molecule is CC(O)C(c1ccccc1)c1ccccc1.[Br-].[Hg+]. The number of aliphatic hydroxyl groups excluding tert-OH is 1. The Hall–Kier alpha value is -0.185. The Kier molecular flexibility index (Phi) is 8.75. The molecule has 0 heterocycles. The number of hydrogen-bond donors (Lipinski definition) is 1. The van der Waals surface area contributed by atoms with Gasteiger partial charge in [-0.3, -0.25) is 0 Å². The summed E-state index contributed by atoms with van der Waals surface area (Å²) in [6.45, 7) is 1.84. The summed E-state index contributed by atoms with van der Waals surface area (Å²) in [7, 11) is 0. The van der Waals surface area contributed by atoms with E-state index in [1.807, 2.05) is 43.3 Å². The smallest absolute Gasteiger partial charge is 1.00 e. The first-order valence-electron chi connectivity index (χ1n) is 5.57. The van der Waals surface area contributed by atoms with E-state index in [9.17, 15) is 5.11 Å². The molecule has 0 amide bonds. The van der Waals surface area contributed by atoms with E-state index in [4.69, 9.17) is 0 Å². The van der Waals surface area contributed by atoms with Gasteiger partial charge in [0.05, 0.1) is 6.10 Å². The van der Waals surface area contributed by atoms with Crippen molar-refractivity contribution < 1.29 is 49.8 Å². The molecule has 2 aromatic rings. The molecule has 91 valence electrons. The average molecular weight is 493 g/mol. The molecule has 1 unspecified atom stereocenters. The van der Waals surface area contributed by atoms with Crippen molar-refractivity contribution in [3.8, 4) is 0 Å². The normalized spacial score (nSPS) is 11.3. The topological polar surface area (TPSA) is 20.2 Å². The molecular weight excluding hydrogens is 477 g/mol. The second-order valence-electron chi connectivity index (χ2n) is 4.04. The molecule has 0 aliphatic heterocycles. The van der Waals surface area contributed by atoms with Crippen LogP contribution in [0, 0.1) is 0 Å². The molecule has 3 heteroatoms. The predicted molar refractivity (Wildman–Crippen MR) is 66.4 cm³/mol. The zero-order valence-corrected chi connectivity index (χ0v) is 17.5. The van der Waals surface area contributed by atoms with Crippen LogP contribution in [0.1, 0.15) is 24.0 Å². The number of rotatable bonds is 3. The molecule has 0 bridgehead atoms. The standard InChI is InChI=1S/C15H16O.BrH.Hg/c1-12(16)15(13-8-4-2-5-9-13)14-10-6-3-7-11-14;;/h2-12,15-16H,1H3;1H;/q;;+1/p-1. The van der Waals surface area contributed by atoms with Crippen LogP contribution in [-0.4, -0.2) is 11.2 Å². The molecule has 0 saturated heterocycles. The minimum absolute atomic E-state index is 0. The van der Waals surface area contributed by atoms with Crippen LogP contribution < -0.4 is 17.0 Å². The number of hydrogen-bond acceptors (Lipinski definition) is 1. The van der Waals surface area contributed by atoms with Crippen LogP contribution in [0.4, 0.5) is 0 Å². The monoisotopic (exact) mass is 493 g/mol. The van der Waals surface area contributed by atoms with Crippen LogP contribution in [0.5, 0.6) is 0 Å². The molecule has 2 rings (SSSR count). The van der Waals surface area contributed by atoms with Crippen molar-refractivity contribution in [2.24, 2.45) is 0 Å². The molecule has 0 saturated carbocycles. The second-order valence-corrected chi connectivity index (χ2v) is 4.04. The van der Waals surface area contributed by atoms with Gasteiger partial charge in [-0.2, -0.15) is 0 Å². The summed E-state index contributed by atoms with van der Waals surface area (Å²) in [5, 5.41) is 9.92. The van der Waals surface area contributed by atoms with Gasteiger partial charge >= 0.3 is 27.7 Å².